The van der Waals surface area contributed by atoms with Gasteiger partial charge in [-0.25, -0.2) is 4.98 Å². The Kier molecular flexibility index (Phi) is 3.50. The Bertz CT molecular complexity index is 944. The van der Waals surface area contributed by atoms with Crippen LogP contribution in [0.15, 0.2) is 29.3 Å². The van der Waals surface area contributed by atoms with E-state index in [9.17, 15) is 9.59 Å². The first-order valence-corrected chi connectivity index (χ1v) is 6.92. The molecule has 2 aromatic heterocycles. The van der Waals surface area contributed by atoms with E-state index < -0.39 is 5.56 Å². The molecular weight excluding hydrogens is 306 g/mol. The topological polar surface area (TPSA) is 82.7 Å². The van der Waals surface area contributed by atoms with Crippen LogP contribution in [0.25, 0.3) is 16.9 Å². The molecule has 0 amide bonds. The van der Waals surface area contributed by atoms with Crippen molar-refractivity contribution in [3.8, 4) is 5.69 Å². The summed E-state index contributed by atoms with van der Waals surface area (Å²) < 4.78 is 2.66. The summed E-state index contributed by atoms with van der Waals surface area (Å²) in [6.07, 6.45) is 1.32. The first-order chi connectivity index (χ1) is 10.5. The molecule has 112 valence electrons. The van der Waals surface area contributed by atoms with Crippen LogP contribution >= 0.6 is 11.6 Å². The minimum absolute atomic E-state index is 0.0367. The molecule has 7 nitrogen and oxygen atoms in total. The summed E-state index contributed by atoms with van der Waals surface area (Å²) in [5.41, 5.74) is 1.63. The van der Waals surface area contributed by atoms with Crippen LogP contribution in [0.1, 0.15) is 12.5 Å². The number of hydrogen-bond donors (Lipinski definition) is 0. The highest BCUT2D eigenvalue weighted by Crippen LogP contribution is 2.20. The van der Waals surface area contributed by atoms with Crippen molar-refractivity contribution < 1.29 is 4.79 Å². The molecule has 0 fully saturated rings. The molecule has 0 aliphatic carbocycles. The molecule has 0 radical (unpaired) electrons. The first kappa shape index (κ1) is 14.4. The van der Waals surface area contributed by atoms with Crippen molar-refractivity contribution >= 4 is 28.5 Å². The van der Waals surface area contributed by atoms with E-state index in [4.69, 9.17) is 11.6 Å². The van der Waals surface area contributed by atoms with Gasteiger partial charge < -0.3 is 0 Å². The van der Waals surface area contributed by atoms with Gasteiger partial charge in [-0.3, -0.25) is 14.2 Å². The van der Waals surface area contributed by atoms with Crippen LogP contribution in [0.5, 0.6) is 0 Å². The maximum absolute atomic E-state index is 12.3. The smallest absolute Gasteiger partial charge is 0.283 e. The van der Waals surface area contributed by atoms with E-state index in [-0.39, 0.29) is 17.8 Å². The third-order valence-electron chi connectivity index (χ3n) is 3.22. The molecule has 0 saturated heterocycles. The number of aromatic nitrogens is 5. The van der Waals surface area contributed by atoms with Gasteiger partial charge in [0.25, 0.3) is 5.56 Å². The normalized spacial score (nSPS) is 11.0. The predicted octanol–water partition coefficient (Wildman–Crippen LogP) is 1.53. The van der Waals surface area contributed by atoms with Crippen molar-refractivity contribution in [3.05, 3.63) is 45.5 Å². The Balaban J connectivity index is 2.17. The largest absolute Gasteiger partial charge is 0.298 e. The fraction of sp³-hybridized carbons (Fsp3) is 0.214. The minimum Gasteiger partial charge on any atom is -0.298 e. The number of aryl methyl sites for hydroxylation is 1. The van der Waals surface area contributed by atoms with Crippen molar-refractivity contribution in [1.29, 1.82) is 0 Å². The fourth-order valence-electron chi connectivity index (χ4n) is 2.08. The molecule has 0 aliphatic rings. The van der Waals surface area contributed by atoms with Gasteiger partial charge in [-0.2, -0.15) is 4.68 Å². The Morgan fingerprint density at radius 3 is 2.82 bits per heavy atom. The van der Waals surface area contributed by atoms with E-state index in [1.54, 1.807) is 6.07 Å². The number of ketones is 1. The van der Waals surface area contributed by atoms with Gasteiger partial charge in [0.2, 0.25) is 0 Å². The highest BCUT2D eigenvalue weighted by molar-refractivity contribution is 6.31. The standard InChI is InChI=1S/C14H12ClN5O2/c1-8-3-4-10(5-11(8)15)20-13-12(17-18-20)14(22)19(7-16-13)6-9(2)21/h3-5,7H,6H2,1-2H3. The van der Waals surface area contributed by atoms with Gasteiger partial charge in [-0.15, -0.1) is 5.10 Å². The van der Waals surface area contributed by atoms with Crippen molar-refractivity contribution in [2.45, 2.75) is 20.4 Å². The average Bonchev–Trinajstić information content (AvgIpc) is 2.89. The van der Waals surface area contributed by atoms with E-state index in [2.05, 4.69) is 15.3 Å². The lowest BCUT2D eigenvalue weighted by molar-refractivity contribution is -0.117. The zero-order valence-corrected chi connectivity index (χ0v) is 12.7. The molecule has 22 heavy (non-hydrogen) atoms. The molecule has 0 saturated carbocycles. The average molecular weight is 318 g/mol. The third-order valence-corrected chi connectivity index (χ3v) is 3.63. The van der Waals surface area contributed by atoms with E-state index in [1.807, 2.05) is 19.1 Å². The van der Waals surface area contributed by atoms with Gasteiger partial charge in [0.05, 0.1) is 12.2 Å². The number of Topliss-reactive ketones (excluding diaryl/α,β-unsaturated/α-hetero) is 1. The van der Waals surface area contributed by atoms with Crippen LogP contribution in [-0.4, -0.2) is 30.3 Å². The highest BCUT2D eigenvalue weighted by Gasteiger charge is 2.14. The summed E-state index contributed by atoms with van der Waals surface area (Å²) in [7, 11) is 0. The van der Waals surface area contributed by atoms with Crippen LogP contribution in [0.4, 0.5) is 0 Å². The second-order valence-corrected chi connectivity index (χ2v) is 5.39. The molecule has 0 unspecified atom stereocenters. The molecule has 0 spiro atoms. The zero-order chi connectivity index (χ0) is 15.9. The van der Waals surface area contributed by atoms with Crippen LogP contribution in [0.3, 0.4) is 0 Å². The SMILES string of the molecule is CC(=O)Cn1cnc2c(nnn2-c2ccc(C)c(Cl)c2)c1=O. The number of rotatable bonds is 3. The van der Waals surface area contributed by atoms with Gasteiger partial charge in [0.1, 0.15) is 12.1 Å². The molecule has 3 aromatic rings. The molecule has 3 rings (SSSR count). The number of carbonyl (C=O) groups is 1. The monoisotopic (exact) mass is 317 g/mol. The third kappa shape index (κ3) is 2.39. The van der Waals surface area contributed by atoms with Crippen molar-refractivity contribution in [2.75, 3.05) is 0 Å². The first-order valence-electron chi connectivity index (χ1n) is 6.54. The number of hydrogen-bond acceptors (Lipinski definition) is 5. The molecule has 8 heteroatoms. The summed E-state index contributed by atoms with van der Waals surface area (Å²) >= 11 is 6.11. The van der Waals surface area contributed by atoms with Gasteiger partial charge in [-0.05, 0) is 31.5 Å². The lowest BCUT2D eigenvalue weighted by Crippen LogP contribution is -2.23. The maximum Gasteiger partial charge on any atom is 0.283 e. The Morgan fingerprint density at radius 2 is 2.14 bits per heavy atom. The van der Waals surface area contributed by atoms with Crippen LogP contribution < -0.4 is 5.56 Å². The van der Waals surface area contributed by atoms with Gasteiger partial charge in [0.15, 0.2) is 11.2 Å². The zero-order valence-electron chi connectivity index (χ0n) is 11.9. The Labute approximate surface area is 130 Å². The summed E-state index contributed by atoms with van der Waals surface area (Å²) in [6, 6.07) is 5.40. The molecule has 0 atom stereocenters. The summed E-state index contributed by atoms with van der Waals surface area (Å²) in [5.74, 6) is -0.138. The summed E-state index contributed by atoms with van der Waals surface area (Å²) in [6.45, 7) is 3.26. The van der Waals surface area contributed by atoms with E-state index in [1.165, 1.54) is 22.5 Å². The second-order valence-electron chi connectivity index (χ2n) is 4.99. The van der Waals surface area contributed by atoms with Crippen LogP contribution in [0.2, 0.25) is 5.02 Å². The number of benzene rings is 1. The lowest BCUT2D eigenvalue weighted by Gasteiger charge is -2.05. The quantitative estimate of drug-likeness (QED) is 0.731. The number of fused-ring (bicyclic) bond motifs is 1. The molecule has 1 aromatic carbocycles. The molecule has 0 N–H and O–H groups in total. The van der Waals surface area contributed by atoms with Gasteiger partial charge in [0, 0.05) is 5.02 Å². The van der Waals surface area contributed by atoms with Crippen LogP contribution in [0, 0.1) is 6.92 Å². The van der Waals surface area contributed by atoms with E-state index in [0.717, 1.165) is 5.56 Å². The van der Waals surface area contributed by atoms with E-state index in [0.29, 0.717) is 16.4 Å². The maximum atomic E-state index is 12.3. The second kappa shape index (κ2) is 5.34. The van der Waals surface area contributed by atoms with Crippen molar-refractivity contribution in [3.63, 3.8) is 0 Å². The minimum atomic E-state index is -0.398. The van der Waals surface area contributed by atoms with Gasteiger partial charge in [-0.1, -0.05) is 22.9 Å². The summed E-state index contributed by atoms with van der Waals surface area (Å²) in [4.78, 5) is 27.6. The highest BCUT2D eigenvalue weighted by atomic mass is 35.5. The Morgan fingerprint density at radius 1 is 1.36 bits per heavy atom. The molecule has 0 aliphatic heterocycles. The van der Waals surface area contributed by atoms with Crippen molar-refractivity contribution in [1.82, 2.24) is 24.5 Å². The number of nitrogens with zero attached hydrogens (tertiary/aromatic N) is 5. The molecular formula is C14H12ClN5O2. The molecule has 0 bridgehead atoms. The number of halogens is 1. The number of carbonyl (C=O) groups excluding carboxylic acids is 1. The fourth-order valence-corrected chi connectivity index (χ4v) is 2.26. The lowest BCUT2D eigenvalue weighted by atomic mass is 10.2. The van der Waals surface area contributed by atoms with Gasteiger partial charge >= 0.3 is 0 Å². The van der Waals surface area contributed by atoms with Crippen molar-refractivity contribution in [2.24, 2.45) is 0 Å². The Hall–Kier alpha value is -2.54. The predicted molar refractivity (Wildman–Crippen MR) is 81.3 cm³/mol. The summed E-state index contributed by atoms with van der Waals surface area (Å²) in [5, 5.41) is 8.43. The molecule has 2 heterocycles. The van der Waals surface area contributed by atoms with E-state index >= 15 is 0 Å². The van der Waals surface area contributed by atoms with Crippen LogP contribution in [-0.2, 0) is 11.3 Å².